The number of carboxylic acids is 1. The molecule has 0 saturated heterocycles. The van der Waals surface area contributed by atoms with Gasteiger partial charge in [0.1, 0.15) is 15.7 Å². The van der Waals surface area contributed by atoms with Crippen LogP contribution in [0, 0.1) is 6.92 Å². The Kier molecular flexibility index (Phi) is 3.69. The molecule has 2 heterocycles. The third-order valence-electron chi connectivity index (χ3n) is 2.42. The molecule has 0 aliphatic carbocycles. The molecular weight excluding hydrogens is 306 g/mol. The molecule has 0 aliphatic heterocycles. The minimum Gasteiger partial charge on any atom is -0.477 e. The molecule has 0 atom stereocenters. The number of H-pyrrole nitrogens is 1. The summed E-state index contributed by atoms with van der Waals surface area (Å²) in [4.78, 5) is 17.0. The van der Waals surface area contributed by atoms with Gasteiger partial charge < -0.3 is 10.1 Å². The van der Waals surface area contributed by atoms with Gasteiger partial charge in [-0.1, -0.05) is 11.6 Å². The standard InChI is InChI=1S/C11H10ClN3O4S/c1-6-5-7(9(14-6)11(16)17)15-20(18,19)8-3-2-4-13-10(8)12/h2-5,14-15H,1H3,(H,16,17). The largest absolute Gasteiger partial charge is 0.477 e. The molecule has 3 N–H and O–H groups in total. The van der Waals surface area contributed by atoms with E-state index in [1.54, 1.807) is 6.92 Å². The summed E-state index contributed by atoms with van der Waals surface area (Å²) in [6.45, 7) is 1.61. The van der Waals surface area contributed by atoms with Gasteiger partial charge in [0, 0.05) is 11.9 Å². The summed E-state index contributed by atoms with van der Waals surface area (Å²) in [5.41, 5.74) is 0.207. The second kappa shape index (κ2) is 5.14. The molecule has 2 aromatic heterocycles. The maximum absolute atomic E-state index is 12.2. The zero-order chi connectivity index (χ0) is 14.9. The SMILES string of the molecule is Cc1cc(NS(=O)(=O)c2cccnc2Cl)c(C(=O)O)[nH]1. The maximum atomic E-state index is 12.2. The van der Waals surface area contributed by atoms with Crippen molar-refractivity contribution in [3.05, 3.63) is 40.9 Å². The average molecular weight is 316 g/mol. The summed E-state index contributed by atoms with van der Waals surface area (Å²) in [6, 6.07) is 4.07. The minimum atomic E-state index is -4.01. The van der Waals surface area contributed by atoms with Crippen LogP contribution in [0.25, 0.3) is 0 Å². The third-order valence-corrected chi connectivity index (χ3v) is 4.24. The first-order valence-corrected chi connectivity index (χ1v) is 7.23. The van der Waals surface area contributed by atoms with E-state index in [1.807, 2.05) is 0 Å². The van der Waals surface area contributed by atoms with Crippen LogP contribution in [0.2, 0.25) is 5.15 Å². The number of aromatic carboxylic acids is 1. The minimum absolute atomic E-state index is 0.0603. The van der Waals surface area contributed by atoms with Crippen LogP contribution in [-0.2, 0) is 10.0 Å². The Balaban J connectivity index is 2.44. The first kappa shape index (κ1) is 14.4. The molecular formula is C11H10ClN3O4S. The fourth-order valence-corrected chi connectivity index (χ4v) is 3.13. The predicted molar refractivity (Wildman–Crippen MR) is 72.5 cm³/mol. The number of aromatic amines is 1. The van der Waals surface area contributed by atoms with Crippen molar-refractivity contribution in [3.63, 3.8) is 0 Å². The number of anilines is 1. The van der Waals surface area contributed by atoms with Gasteiger partial charge in [-0.05, 0) is 25.1 Å². The van der Waals surface area contributed by atoms with Gasteiger partial charge in [-0.3, -0.25) is 4.72 Å². The molecule has 0 saturated carbocycles. The van der Waals surface area contributed by atoms with Crippen LogP contribution in [0.3, 0.4) is 0 Å². The van der Waals surface area contributed by atoms with Gasteiger partial charge in [0.25, 0.3) is 10.0 Å². The molecule has 7 nitrogen and oxygen atoms in total. The zero-order valence-electron chi connectivity index (χ0n) is 10.2. The van der Waals surface area contributed by atoms with E-state index in [0.717, 1.165) is 0 Å². The van der Waals surface area contributed by atoms with Crippen LogP contribution in [0.15, 0.2) is 29.3 Å². The van der Waals surface area contributed by atoms with Gasteiger partial charge in [0.05, 0.1) is 5.69 Å². The number of aryl methyl sites for hydroxylation is 1. The van der Waals surface area contributed by atoms with Crippen LogP contribution in [0.4, 0.5) is 5.69 Å². The normalized spacial score (nSPS) is 11.3. The smallest absolute Gasteiger partial charge is 0.354 e. The highest BCUT2D eigenvalue weighted by Gasteiger charge is 2.22. The fourth-order valence-electron chi connectivity index (χ4n) is 1.61. The third kappa shape index (κ3) is 2.75. The molecule has 0 radical (unpaired) electrons. The maximum Gasteiger partial charge on any atom is 0.354 e. The highest BCUT2D eigenvalue weighted by Crippen LogP contribution is 2.24. The van der Waals surface area contributed by atoms with Crippen LogP contribution in [-0.4, -0.2) is 29.5 Å². The van der Waals surface area contributed by atoms with Gasteiger partial charge in [0.2, 0.25) is 0 Å². The molecule has 106 valence electrons. The Labute approximate surface area is 119 Å². The molecule has 0 spiro atoms. The van der Waals surface area contributed by atoms with Crippen molar-refractivity contribution in [2.75, 3.05) is 4.72 Å². The zero-order valence-corrected chi connectivity index (χ0v) is 11.8. The second-order valence-corrected chi connectivity index (χ2v) is 5.95. The van der Waals surface area contributed by atoms with E-state index in [2.05, 4.69) is 14.7 Å². The van der Waals surface area contributed by atoms with Crippen LogP contribution >= 0.6 is 11.6 Å². The van der Waals surface area contributed by atoms with E-state index in [0.29, 0.717) is 5.69 Å². The van der Waals surface area contributed by atoms with E-state index >= 15 is 0 Å². The number of sulfonamides is 1. The number of halogens is 1. The van der Waals surface area contributed by atoms with E-state index in [4.69, 9.17) is 16.7 Å². The highest BCUT2D eigenvalue weighted by atomic mass is 35.5. The summed E-state index contributed by atoms with van der Waals surface area (Å²) in [6.07, 6.45) is 1.35. The quantitative estimate of drug-likeness (QED) is 0.746. The molecule has 0 bridgehead atoms. The second-order valence-electron chi connectivity index (χ2n) is 3.94. The number of nitrogens with zero attached hydrogens (tertiary/aromatic N) is 1. The van der Waals surface area contributed by atoms with Crippen molar-refractivity contribution in [3.8, 4) is 0 Å². The van der Waals surface area contributed by atoms with Crippen molar-refractivity contribution >= 4 is 33.3 Å². The summed E-state index contributed by atoms with van der Waals surface area (Å²) in [5, 5.41) is 8.81. The number of carbonyl (C=O) groups is 1. The van der Waals surface area contributed by atoms with Crippen LogP contribution < -0.4 is 4.72 Å². The van der Waals surface area contributed by atoms with Gasteiger partial charge in [-0.2, -0.15) is 0 Å². The lowest BCUT2D eigenvalue weighted by molar-refractivity contribution is 0.0692. The van der Waals surface area contributed by atoms with Crippen LogP contribution in [0.5, 0.6) is 0 Å². The number of aromatic nitrogens is 2. The molecule has 0 amide bonds. The lowest BCUT2D eigenvalue weighted by atomic mass is 10.4. The van der Waals surface area contributed by atoms with Gasteiger partial charge in [-0.15, -0.1) is 0 Å². The molecule has 0 aliphatic rings. The van der Waals surface area contributed by atoms with E-state index in [9.17, 15) is 13.2 Å². The van der Waals surface area contributed by atoms with Gasteiger partial charge >= 0.3 is 5.97 Å². The summed E-state index contributed by atoms with van der Waals surface area (Å²) in [5.74, 6) is -1.27. The van der Waals surface area contributed by atoms with Crippen molar-refractivity contribution in [2.45, 2.75) is 11.8 Å². The van der Waals surface area contributed by atoms with Crippen molar-refractivity contribution < 1.29 is 18.3 Å². The fraction of sp³-hybridized carbons (Fsp3) is 0.0909. The number of carboxylic acid groups (broad SMARTS) is 1. The van der Waals surface area contributed by atoms with E-state index < -0.39 is 16.0 Å². The van der Waals surface area contributed by atoms with E-state index in [-0.39, 0.29) is 21.4 Å². The number of rotatable bonds is 4. The summed E-state index contributed by atoms with van der Waals surface area (Å²) in [7, 11) is -4.01. The number of nitrogens with one attached hydrogen (secondary N) is 2. The van der Waals surface area contributed by atoms with Crippen molar-refractivity contribution in [1.29, 1.82) is 0 Å². The summed E-state index contributed by atoms with van der Waals surface area (Å²) < 4.78 is 26.5. The lowest BCUT2D eigenvalue weighted by Gasteiger charge is -2.08. The Hall–Kier alpha value is -2.06. The highest BCUT2D eigenvalue weighted by molar-refractivity contribution is 7.92. The lowest BCUT2D eigenvalue weighted by Crippen LogP contribution is -2.15. The Morgan fingerprint density at radius 2 is 2.20 bits per heavy atom. The Morgan fingerprint density at radius 3 is 2.80 bits per heavy atom. The molecule has 2 aromatic rings. The van der Waals surface area contributed by atoms with Crippen LogP contribution in [0.1, 0.15) is 16.2 Å². The molecule has 9 heteroatoms. The first-order valence-electron chi connectivity index (χ1n) is 5.37. The monoisotopic (exact) mass is 315 g/mol. The molecule has 2 rings (SSSR count). The average Bonchev–Trinajstić information content (AvgIpc) is 2.70. The Bertz CT molecular complexity index is 770. The molecule has 0 fully saturated rings. The molecule has 0 aromatic carbocycles. The van der Waals surface area contributed by atoms with Gasteiger partial charge in [0.15, 0.2) is 0 Å². The number of hydrogen-bond donors (Lipinski definition) is 3. The number of pyridine rings is 1. The summed E-state index contributed by atoms with van der Waals surface area (Å²) >= 11 is 5.73. The topological polar surface area (TPSA) is 112 Å². The first-order chi connectivity index (χ1) is 9.31. The molecule has 20 heavy (non-hydrogen) atoms. The van der Waals surface area contributed by atoms with Crippen molar-refractivity contribution in [2.24, 2.45) is 0 Å². The van der Waals surface area contributed by atoms with Gasteiger partial charge in [-0.25, -0.2) is 18.2 Å². The Morgan fingerprint density at radius 1 is 1.50 bits per heavy atom. The molecule has 0 unspecified atom stereocenters. The predicted octanol–water partition coefficient (Wildman–Crippen LogP) is 1.87. The van der Waals surface area contributed by atoms with E-state index in [1.165, 1.54) is 24.4 Å². The van der Waals surface area contributed by atoms with Crippen molar-refractivity contribution in [1.82, 2.24) is 9.97 Å². The number of hydrogen-bond acceptors (Lipinski definition) is 4.